The molecule has 0 radical (unpaired) electrons. The van der Waals surface area contributed by atoms with E-state index in [1.54, 1.807) is 7.05 Å². The second kappa shape index (κ2) is 4.42. The van der Waals surface area contributed by atoms with Gasteiger partial charge in [0.05, 0.1) is 13.6 Å². The minimum absolute atomic E-state index is 0.0223. The largest absolute Gasteiger partial charge is 0.477 e. The number of carbonyl (C=O) groups is 1. The summed E-state index contributed by atoms with van der Waals surface area (Å²) in [6.07, 6.45) is 0.00329. The Labute approximate surface area is 73.0 Å². The summed E-state index contributed by atoms with van der Waals surface area (Å²) in [4.78, 5) is 10.5. The average molecular weight is 176 g/mol. The summed E-state index contributed by atoms with van der Waals surface area (Å²) in [7, 11) is 1.75. The molecule has 4 nitrogen and oxygen atoms in total. The van der Waals surface area contributed by atoms with Gasteiger partial charge in [0.2, 0.25) is 0 Å². The number of hydrogen-bond acceptors (Lipinski definition) is 2. The molecule has 2 unspecified atom stereocenters. The third kappa shape index (κ3) is 2.79. The molecule has 12 heavy (non-hydrogen) atoms. The maximum absolute atomic E-state index is 10.5. The number of aliphatic hydroxyl groups is 1. The Balaban J connectivity index is 4.32. The van der Waals surface area contributed by atoms with Gasteiger partial charge in [0.1, 0.15) is 0 Å². The Hall–Kier alpha value is -0.610. The Bertz CT molecular complexity index is 160. The number of hydrogen-bond donors (Lipinski definition) is 2. The molecular weight excluding hydrogens is 158 g/mol. The van der Waals surface area contributed by atoms with Crippen molar-refractivity contribution in [3.05, 3.63) is 0 Å². The number of carboxylic acids is 1. The van der Waals surface area contributed by atoms with E-state index in [1.165, 1.54) is 0 Å². The van der Waals surface area contributed by atoms with Crippen molar-refractivity contribution in [1.82, 2.24) is 0 Å². The zero-order valence-electron chi connectivity index (χ0n) is 7.95. The fourth-order valence-corrected chi connectivity index (χ4v) is 1.18. The predicted molar refractivity (Wildman–Crippen MR) is 45.5 cm³/mol. The van der Waals surface area contributed by atoms with Gasteiger partial charge in [-0.1, -0.05) is 6.92 Å². The topological polar surface area (TPSA) is 57.5 Å². The van der Waals surface area contributed by atoms with Gasteiger partial charge in [-0.25, -0.2) is 4.79 Å². The molecule has 0 spiro atoms. The monoisotopic (exact) mass is 176 g/mol. The van der Waals surface area contributed by atoms with Crippen LogP contribution < -0.4 is 0 Å². The molecule has 2 atom stereocenters. The normalized spacial score (nSPS) is 18.3. The molecule has 0 aliphatic rings. The van der Waals surface area contributed by atoms with E-state index in [2.05, 4.69) is 0 Å². The predicted octanol–water partition coefficient (Wildman–Crippen LogP) is 0.266. The van der Waals surface area contributed by atoms with E-state index >= 15 is 0 Å². The Morgan fingerprint density at radius 1 is 1.50 bits per heavy atom. The molecule has 0 aromatic carbocycles. The lowest BCUT2D eigenvalue weighted by Crippen LogP contribution is -2.54. The average Bonchev–Trinajstić information content (AvgIpc) is 2.01. The minimum atomic E-state index is -0.869. The van der Waals surface area contributed by atoms with Crippen LogP contribution in [-0.4, -0.2) is 47.0 Å². The molecule has 0 fully saturated rings. The van der Waals surface area contributed by atoms with Gasteiger partial charge in [-0.05, 0) is 6.92 Å². The molecule has 0 aliphatic heterocycles. The third-order valence-electron chi connectivity index (χ3n) is 2.30. The number of nitrogens with zero attached hydrogens (tertiary/aromatic N) is 1. The molecule has 0 rings (SSSR count). The Morgan fingerprint density at radius 3 is 2.25 bits per heavy atom. The summed E-state index contributed by atoms with van der Waals surface area (Å²) >= 11 is 0. The van der Waals surface area contributed by atoms with Crippen LogP contribution in [0.2, 0.25) is 0 Å². The number of aliphatic hydroxyl groups excluding tert-OH is 1. The second-order valence-electron chi connectivity index (χ2n) is 3.24. The highest BCUT2D eigenvalue weighted by Crippen LogP contribution is 2.10. The van der Waals surface area contributed by atoms with Crippen LogP contribution in [0, 0.1) is 0 Å². The van der Waals surface area contributed by atoms with Gasteiger partial charge in [0.25, 0.3) is 0 Å². The number of likely N-dealkylation sites (N-methyl/N-ethyl adjacent to an activating group) is 1. The van der Waals surface area contributed by atoms with Gasteiger partial charge < -0.3 is 10.2 Å². The van der Waals surface area contributed by atoms with Crippen molar-refractivity contribution in [2.45, 2.75) is 26.5 Å². The molecule has 0 saturated heterocycles. The lowest BCUT2D eigenvalue weighted by Gasteiger charge is -2.35. The van der Waals surface area contributed by atoms with E-state index in [-0.39, 0.29) is 11.0 Å². The summed E-state index contributed by atoms with van der Waals surface area (Å²) < 4.78 is 0.186. The molecular formula is C8H18NO3+. The van der Waals surface area contributed by atoms with E-state index < -0.39 is 12.2 Å². The minimum Gasteiger partial charge on any atom is -0.477 e. The molecule has 0 bridgehead atoms. The number of aliphatic carboxylic acids is 1. The van der Waals surface area contributed by atoms with Crippen LogP contribution in [0.4, 0.5) is 0 Å². The zero-order valence-corrected chi connectivity index (χ0v) is 7.95. The van der Waals surface area contributed by atoms with Crippen LogP contribution in [0.3, 0.4) is 0 Å². The van der Waals surface area contributed by atoms with E-state index in [0.29, 0.717) is 13.0 Å². The van der Waals surface area contributed by atoms with Gasteiger partial charge in [-0.15, -0.1) is 0 Å². The highest BCUT2D eigenvalue weighted by Gasteiger charge is 2.30. The molecule has 0 aliphatic carbocycles. The lowest BCUT2D eigenvalue weighted by molar-refractivity contribution is -0.946. The molecule has 72 valence electrons. The van der Waals surface area contributed by atoms with Crippen LogP contribution in [0.15, 0.2) is 0 Å². The number of quaternary nitrogens is 1. The molecule has 0 amide bonds. The van der Waals surface area contributed by atoms with Crippen molar-refractivity contribution >= 4 is 5.97 Å². The van der Waals surface area contributed by atoms with Gasteiger partial charge in [0, 0.05) is 6.42 Å². The Kier molecular flexibility index (Phi) is 4.20. The molecule has 0 heterocycles. The van der Waals surface area contributed by atoms with Gasteiger partial charge in [-0.2, -0.15) is 0 Å². The first-order valence-corrected chi connectivity index (χ1v) is 4.20. The van der Waals surface area contributed by atoms with E-state index in [1.807, 2.05) is 13.8 Å². The highest BCUT2D eigenvalue weighted by atomic mass is 16.4. The first kappa shape index (κ1) is 11.4. The van der Waals surface area contributed by atoms with Crippen molar-refractivity contribution in [1.29, 1.82) is 0 Å². The summed E-state index contributed by atoms with van der Waals surface area (Å²) in [5, 5.41) is 18.1. The third-order valence-corrected chi connectivity index (χ3v) is 2.30. The maximum Gasteiger partial charge on any atom is 0.359 e. The van der Waals surface area contributed by atoms with E-state index in [4.69, 9.17) is 5.11 Å². The van der Waals surface area contributed by atoms with Crippen molar-refractivity contribution in [3.8, 4) is 0 Å². The highest BCUT2D eigenvalue weighted by molar-refractivity contribution is 5.67. The van der Waals surface area contributed by atoms with Crippen molar-refractivity contribution in [2.24, 2.45) is 0 Å². The van der Waals surface area contributed by atoms with Crippen LogP contribution >= 0.6 is 0 Å². The fourth-order valence-electron chi connectivity index (χ4n) is 1.18. The van der Waals surface area contributed by atoms with Crippen molar-refractivity contribution in [2.75, 3.05) is 20.1 Å². The molecule has 0 aromatic heterocycles. The molecule has 4 heteroatoms. The summed E-state index contributed by atoms with van der Waals surface area (Å²) in [6.45, 7) is 4.33. The first-order valence-electron chi connectivity index (χ1n) is 4.20. The van der Waals surface area contributed by atoms with Gasteiger partial charge in [0.15, 0.2) is 12.8 Å². The maximum atomic E-state index is 10.5. The number of rotatable bonds is 5. The van der Waals surface area contributed by atoms with Crippen LogP contribution in [0.25, 0.3) is 0 Å². The van der Waals surface area contributed by atoms with Crippen LogP contribution in [0.5, 0.6) is 0 Å². The van der Waals surface area contributed by atoms with Crippen molar-refractivity contribution in [3.63, 3.8) is 0 Å². The Morgan fingerprint density at radius 2 is 2.00 bits per heavy atom. The van der Waals surface area contributed by atoms with Crippen molar-refractivity contribution < 1.29 is 19.5 Å². The smallest absolute Gasteiger partial charge is 0.359 e. The van der Waals surface area contributed by atoms with Gasteiger partial charge >= 0.3 is 5.97 Å². The van der Waals surface area contributed by atoms with E-state index in [0.717, 1.165) is 0 Å². The second-order valence-corrected chi connectivity index (χ2v) is 3.24. The summed E-state index contributed by atoms with van der Waals surface area (Å²) in [5.41, 5.74) is 0. The zero-order chi connectivity index (χ0) is 9.78. The van der Waals surface area contributed by atoms with E-state index in [9.17, 15) is 9.90 Å². The SMILES string of the molecule is CCC(O)[N+](C)(CC)CC(=O)O. The van der Waals surface area contributed by atoms with Crippen LogP contribution in [-0.2, 0) is 4.79 Å². The molecule has 0 aromatic rings. The summed E-state index contributed by atoms with van der Waals surface area (Å²) in [5.74, 6) is -0.869. The quantitative estimate of drug-likeness (QED) is 0.467. The molecule has 2 N–H and O–H groups in total. The first-order chi connectivity index (χ1) is 5.46. The summed E-state index contributed by atoms with van der Waals surface area (Å²) in [6, 6.07) is 0. The number of carboxylic acid groups (broad SMARTS) is 1. The standard InChI is InChI=1S/C8H17NO3/c1-4-7(10)9(3,5-2)6-8(11)12/h7,10H,4-6H2,1-3H3/p+1. The van der Waals surface area contributed by atoms with Gasteiger partial charge in [-0.3, -0.25) is 4.48 Å². The van der Waals surface area contributed by atoms with Crippen LogP contribution in [0.1, 0.15) is 20.3 Å². The molecule has 0 saturated carbocycles. The lowest BCUT2D eigenvalue weighted by atomic mass is 10.3. The fraction of sp³-hybridized carbons (Fsp3) is 0.875.